The lowest BCUT2D eigenvalue weighted by Gasteiger charge is -2.06. The fourth-order valence-electron chi connectivity index (χ4n) is 1.49. The lowest BCUT2D eigenvalue weighted by molar-refractivity contribution is -0.142. The predicted octanol–water partition coefficient (Wildman–Crippen LogP) is 3.12. The molecule has 0 fully saturated rings. The maximum atomic E-state index is 10.4. The molecule has 0 aliphatic carbocycles. The highest BCUT2D eigenvalue weighted by Crippen LogP contribution is 2.11. The second-order valence-electron chi connectivity index (χ2n) is 4.57. The molecule has 0 bridgehead atoms. The molecule has 2 rings (SSSR count). The van der Waals surface area contributed by atoms with Crippen molar-refractivity contribution in [3.63, 3.8) is 0 Å². The maximum absolute atomic E-state index is 10.4. The van der Waals surface area contributed by atoms with Gasteiger partial charge in [-0.2, -0.15) is 0 Å². The summed E-state index contributed by atoms with van der Waals surface area (Å²) in [6, 6.07) is 0. The van der Waals surface area contributed by atoms with Gasteiger partial charge in [-0.15, -0.1) is 0 Å². The Balaban J connectivity index is 0.000000306. The highest BCUT2D eigenvalue weighted by molar-refractivity contribution is 5.69. The normalized spacial score (nSPS) is 10.6. The molecule has 6 heteroatoms. The lowest BCUT2D eigenvalue weighted by Crippen LogP contribution is -2.11. The lowest BCUT2D eigenvalue weighted by atomic mass is 10.00. The van der Waals surface area contributed by atoms with Crippen LogP contribution in [0.25, 0.3) is 0 Å². The van der Waals surface area contributed by atoms with E-state index in [1.165, 1.54) is 0 Å². The minimum atomic E-state index is -0.643. The molecule has 1 unspecified atom stereocenters. The van der Waals surface area contributed by atoms with E-state index in [9.17, 15) is 4.79 Å². The number of H-pyrrole nitrogens is 1. The maximum Gasteiger partial charge on any atom is 0.306 e. The molecule has 0 aromatic carbocycles. The smallest absolute Gasteiger partial charge is 0.306 e. The van der Waals surface area contributed by atoms with Crippen molar-refractivity contribution in [1.82, 2.24) is 19.5 Å². The number of aliphatic carboxylic acids is 1. The molecule has 2 N–H and O–H groups in total. The van der Waals surface area contributed by atoms with Gasteiger partial charge in [0, 0.05) is 31.8 Å². The summed E-state index contributed by atoms with van der Waals surface area (Å²) in [6.07, 6.45) is 14.2. The molecule has 6 nitrogen and oxygen atoms in total. The topological polar surface area (TPSA) is 83.8 Å². The Morgan fingerprint density at radius 3 is 2.33 bits per heavy atom. The Kier molecular flexibility index (Phi) is 11.6. The molecule has 21 heavy (non-hydrogen) atoms. The summed E-state index contributed by atoms with van der Waals surface area (Å²) in [5.41, 5.74) is 0. The Morgan fingerprint density at radius 1 is 1.33 bits per heavy atom. The first-order valence-corrected chi connectivity index (χ1v) is 7.19. The Labute approximate surface area is 126 Å². The zero-order valence-electron chi connectivity index (χ0n) is 13.1. The van der Waals surface area contributed by atoms with Gasteiger partial charge in [0.25, 0.3) is 0 Å². The summed E-state index contributed by atoms with van der Waals surface area (Å²) in [4.78, 5) is 20.6. The zero-order valence-corrected chi connectivity index (χ0v) is 13.1. The SMILES string of the molecule is CCCCC(CC)C(=O)O.Cn1ccnc1.c1c[nH]cn1. The van der Waals surface area contributed by atoms with E-state index in [0.717, 1.165) is 25.7 Å². The van der Waals surface area contributed by atoms with Crippen molar-refractivity contribution in [3.8, 4) is 0 Å². The standard InChI is InChI=1S/C8H16O2.C4H6N2.C3H4N2/c1-3-5-6-7(4-2)8(9)10;1-6-3-2-5-4-6;1-2-5-3-4-1/h7H,3-6H2,1-2H3,(H,9,10);2-4H,1H3;1-3H,(H,4,5). The zero-order chi connectivity index (χ0) is 15.9. The molecule has 0 saturated heterocycles. The van der Waals surface area contributed by atoms with Crippen LogP contribution >= 0.6 is 0 Å². The van der Waals surface area contributed by atoms with E-state index >= 15 is 0 Å². The van der Waals surface area contributed by atoms with Crippen LogP contribution in [0.5, 0.6) is 0 Å². The van der Waals surface area contributed by atoms with Crippen molar-refractivity contribution in [1.29, 1.82) is 0 Å². The van der Waals surface area contributed by atoms with Crippen LogP contribution in [0, 0.1) is 5.92 Å². The van der Waals surface area contributed by atoms with Gasteiger partial charge in [0.2, 0.25) is 0 Å². The van der Waals surface area contributed by atoms with E-state index in [2.05, 4.69) is 21.9 Å². The van der Waals surface area contributed by atoms with Crippen LogP contribution in [-0.2, 0) is 11.8 Å². The largest absolute Gasteiger partial charge is 0.481 e. The van der Waals surface area contributed by atoms with Crippen LogP contribution < -0.4 is 0 Å². The van der Waals surface area contributed by atoms with Crippen LogP contribution in [0.15, 0.2) is 37.4 Å². The summed E-state index contributed by atoms with van der Waals surface area (Å²) < 4.78 is 1.89. The van der Waals surface area contributed by atoms with Gasteiger partial charge in [-0.1, -0.05) is 26.7 Å². The van der Waals surface area contributed by atoms with Crippen LogP contribution in [0.3, 0.4) is 0 Å². The fourth-order valence-corrected chi connectivity index (χ4v) is 1.49. The second kappa shape index (κ2) is 12.9. The molecular weight excluding hydrogens is 268 g/mol. The van der Waals surface area contributed by atoms with Crippen LogP contribution in [0.4, 0.5) is 0 Å². The minimum absolute atomic E-state index is 0.111. The Hall–Kier alpha value is -2.11. The summed E-state index contributed by atoms with van der Waals surface area (Å²) in [6.45, 7) is 4.00. The minimum Gasteiger partial charge on any atom is -0.481 e. The third-order valence-corrected chi connectivity index (χ3v) is 2.79. The van der Waals surface area contributed by atoms with Crippen molar-refractivity contribution in [2.75, 3.05) is 0 Å². The Bertz CT molecular complexity index is 409. The van der Waals surface area contributed by atoms with E-state index in [4.69, 9.17) is 5.11 Å². The molecule has 0 aliphatic heterocycles. The molecule has 0 spiro atoms. The first kappa shape index (κ1) is 18.9. The molecule has 1 atom stereocenters. The first-order chi connectivity index (χ1) is 10.1. The van der Waals surface area contributed by atoms with E-state index in [-0.39, 0.29) is 5.92 Å². The van der Waals surface area contributed by atoms with Gasteiger partial charge < -0.3 is 14.7 Å². The molecule has 0 aliphatic rings. The number of hydrogen-bond acceptors (Lipinski definition) is 3. The molecule has 118 valence electrons. The summed E-state index contributed by atoms with van der Waals surface area (Å²) in [7, 11) is 1.94. The van der Waals surface area contributed by atoms with Gasteiger partial charge in [-0.05, 0) is 12.8 Å². The van der Waals surface area contributed by atoms with E-state index in [1.807, 2.05) is 24.7 Å². The second-order valence-corrected chi connectivity index (χ2v) is 4.57. The van der Waals surface area contributed by atoms with Gasteiger partial charge in [0.1, 0.15) is 0 Å². The number of nitrogens with one attached hydrogen (secondary N) is 1. The molecule has 2 aromatic rings. The number of rotatable bonds is 5. The fraction of sp³-hybridized carbons (Fsp3) is 0.533. The molecule has 0 radical (unpaired) electrons. The number of carbonyl (C=O) groups is 1. The number of aryl methyl sites for hydroxylation is 1. The molecule has 0 amide bonds. The van der Waals surface area contributed by atoms with Crippen molar-refractivity contribution < 1.29 is 9.90 Å². The highest BCUT2D eigenvalue weighted by atomic mass is 16.4. The third-order valence-electron chi connectivity index (χ3n) is 2.79. The molecule has 2 aromatic heterocycles. The van der Waals surface area contributed by atoms with Gasteiger partial charge in [-0.3, -0.25) is 4.79 Å². The number of nitrogens with zero attached hydrogens (tertiary/aromatic N) is 3. The average molecular weight is 294 g/mol. The van der Waals surface area contributed by atoms with Gasteiger partial charge >= 0.3 is 5.97 Å². The molecule has 0 saturated carbocycles. The average Bonchev–Trinajstić information content (AvgIpc) is 3.15. The van der Waals surface area contributed by atoms with Gasteiger partial charge in [0.15, 0.2) is 0 Å². The molecule has 2 heterocycles. The highest BCUT2D eigenvalue weighted by Gasteiger charge is 2.12. The van der Waals surface area contributed by atoms with E-state index in [0.29, 0.717) is 0 Å². The van der Waals surface area contributed by atoms with Crippen LogP contribution in [0.1, 0.15) is 39.5 Å². The number of carboxylic acid groups (broad SMARTS) is 1. The quantitative estimate of drug-likeness (QED) is 0.887. The Morgan fingerprint density at radius 2 is 2.10 bits per heavy atom. The van der Waals surface area contributed by atoms with Crippen molar-refractivity contribution in [2.24, 2.45) is 13.0 Å². The van der Waals surface area contributed by atoms with E-state index in [1.54, 1.807) is 31.2 Å². The summed E-state index contributed by atoms with van der Waals surface area (Å²) in [5, 5.41) is 8.60. The molecular formula is C15H26N4O2. The number of aromatic nitrogens is 4. The number of imidazole rings is 2. The van der Waals surface area contributed by atoms with Gasteiger partial charge in [0.05, 0.1) is 18.6 Å². The van der Waals surface area contributed by atoms with Crippen molar-refractivity contribution >= 4 is 5.97 Å². The number of unbranched alkanes of at least 4 members (excludes halogenated alkanes) is 1. The summed E-state index contributed by atoms with van der Waals surface area (Å²) in [5.74, 6) is -0.754. The number of carboxylic acids is 1. The third kappa shape index (κ3) is 11.4. The summed E-state index contributed by atoms with van der Waals surface area (Å²) >= 11 is 0. The van der Waals surface area contributed by atoms with Gasteiger partial charge in [-0.25, -0.2) is 9.97 Å². The number of aromatic amines is 1. The van der Waals surface area contributed by atoms with Crippen molar-refractivity contribution in [2.45, 2.75) is 39.5 Å². The van der Waals surface area contributed by atoms with E-state index < -0.39 is 5.97 Å². The first-order valence-electron chi connectivity index (χ1n) is 7.19. The van der Waals surface area contributed by atoms with Crippen molar-refractivity contribution in [3.05, 3.63) is 37.4 Å². The van der Waals surface area contributed by atoms with Crippen LogP contribution in [0.2, 0.25) is 0 Å². The van der Waals surface area contributed by atoms with Crippen LogP contribution in [-0.4, -0.2) is 30.6 Å². The monoisotopic (exact) mass is 294 g/mol. The predicted molar refractivity (Wildman–Crippen MR) is 82.7 cm³/mol. The number of hydrogen-bond donors (Lipinski definition) is 2.